The Morgan fingerprint density at radius 1 is 1.26 bits per heavy atom. The van der Waals surface area contributed by atoms with Crippen molar-refractivity contribution in [3.63, 3.8) is 0 Å². The fraction of sp³-hybridized carbons (Fsp3) is 0.500. The van der Waals surface area contributed by atoms with Gasteiger partial charge in [-0.05, 0) is 24.5 Å². The Morgan fingerprint density at radius 2 is 2.13 bits per heavy atom. The number of fused-ring (bicyclic) bond motifs is 1. The van der Waals surface area contributed by atoms with Gasteiger partial charge in [-0.15, -0.1) is 10.2 Å². The first-order chi connectivity index (χ1) is 11.3. The summed E-state index contributed by atoms with van der Waals surface area (Å²) in [4.78, 5) is 15.9. The lowest BCUT2D eigenvalue weighted by Crippen LogP contribution is -2.52. The Bertz CT molecular complexity index is 687. The zero-order chi connectivity index (χ0) is 15.6. The van der Waals surface area contributed by atoms with Gasteiger partial charge in [0.1, 0.15) is 6.54 Å². The molecule has 0 N–H and O–H groups in total. The average molecular weight is 313 g/mol. The minimum atomic E-state index is 0.0437. The molecule has 1 saturated heterocycles. The van der Waals surface area contributed by atoms with Crippen LogP contribution in [-0.4, -0.2) is 56.3 Å². The quantitative estimate of drug-likeness (QED) is 0.849. The van der Waals surface area contributed by atoms with Crippen molar-refractivity contribution >= 4 is 5.91 Å². The largest absolute Gasteiger partial charge is 0.374 e. The van der Waals surface area contributed by atoms with E-state index in [-0.39, 0.29) is 24.6 Å². The molecule has 0 bridgehead atoms. The molecule has 120 valence electrons. The summed E-state index contributed by atoms with van der Waals surface area (Å²) in [6.07, 6.45) is 3.40. The molecular weight excluding hydrogens is 294 g/mol. The second-order valence-corrected chi connectivity index (χ2v) is 6.00. The Labute approximate surface area is 134 Å². The van der Waals surface area contributed by atoms with Crippen LogP contribution in [0.25, 0.3) is 11.4 Å². The topological polar surface area (TPSA) is 73.1 Å². The standard InChI is InChI=1S/C16H19N5O2/c22-15(20-9-10-23-14-8-4-7-13(14)20)11-21-18-16(17-19-21)12-5-2-1-3-6-12/h1-3,5-6,13-14H,4,7-11H2/t13-,14+/m0/s1. The molecule has 1 amide bonds. The summed E-state index contributed by atoms with van der Waals surface area (Å²) in [5.74, 6) is 0.585. The van der Waals surface area contributed by atoms with Crippen LogP contribution in [0.2, 0.25) is 0 Å². The molecule has 1 aromatic heterocycles. The van der Waals surface area contributed by atoms with Crippen molar-refractivity contribution in [2.24, 2.45) is 0 Å². The number of nitrogens with zero attached hydrogens (tertiary/aromatic N) is 5. The maximum absolute atomic E-state index is 12.6. The Hall–Kier alpha value is -2.28. The highest BCUT2D eigenvalue weighted by Crippen LogP contribution is 2.29. The fourth-order valence-electron chi connectivity index (χ4n) is 3.46. The van der Waals surface area contributed by atoms with Crippen LogP contribution in [-0.2, 0) is 16.1 Å². The van der Waals surface area contributed by atoms with Gasteiger partial charge in [-0.25, -0.2) is 0 Å². The number of amides is 1. The molecule has 2 aromatic rings. The molecule has 7 heteroatoms. The van der Waals surface area contributed by atoms with E-state index in [2.05, 4.69) is 15.4 Å². The summed E-state index contributed by atoms with van der Waals surface area (Å²) >= 11 is 0. The highest BCUT2D eigenvalue weighted by atomic mass is 16.5. The second-order valence-electron chi connectivity index (χ2n) is 6.00. The number of carbonyl (C=O) groups is 1. The van der Waals surface area contributed by atoms with Gasteiger partial charge in [-0.1, -0.05) is 30.3 Å². The van der Waals surface area contributed by atoms with Crippen LogP contribution in [0, 0.1) is 0 Å². The maximum atomic E-state index is 12.6. The van der Waals surface area contributed by atoms with Gasteiger partial charge >= 0.3 is 0 Å². The minimum Gasteiger partial charge on any atom is -0.374 e. The van der Waals surface area contributed by atoms with E-state index in [4.69, 9.17) is 4.74 Å². The van der Waals surface area contributed by atoms with Gasteiger partial charge in [0.05, 0.1) is 18.8 Å². The van der Waals surface area contributed by atoms with Gasteiger partial charge in [0.2, 0.25) is 11.7 Å². The zero-order valence-corrected chi connectivity index (χ0v) is 12.8. The summed E-state index contributed by atoms with van der Waals surface area (Å²) in [5.41, 5.74) is 0.897. The monoisotopic (exact) mass is 313 g/mol. The minimum absolute atomic E-state index is 0.0437. The SMILES string of the molecule is O=C(Cn1nnc(-c2ccccc2)n1)N1CCO[C@@H]2CCC[C@@H]21. The summed E-state index contributed by atoms with van der Waals surface area (Å²) in [6.45, 7) is 1.40. The van der Waals surface area contributed by atoms with E-state index in [1.165, 1.54) is 4.80 Å². The van der Waals surface area contributed by atoms with E-state index in [0.717, 1.165) is 24.8 Å². The molecule has 0 unspecified atom stereocenters. The number of rotatable bonds is 3. The van der Waals surface area contributed by atoms with Gasteiger partial charge < -0.3 is 9.64 Å². The third-order valence-electron chi connectivity index (χ3n) is 4.56. The molecule has 4 rings (SSSR count). The van der Waals surface area contributed by atoms with Crippen LogP contribution in [0.3, 0.4) is 0 Å². The number of hydrogen-bond donors (Lipinski definition) is 0. The van der Waals surface area contributed by atoms with Gasteiger partial charge in [0, 0.05) is 12.1 Å². The van der Waals surface area contributed by atoms with Gasteiger partial charge in [-0.2, -0.15) is 4.80 Å². The first kappa shape index (κ1) is 14.3. The highest BCUT2D eigenvalue weighted by molar-refractivity contribution is 5.76. The molecule has 23 heavy (non-hydrogen) atoms. The number of ether oxygens (including phenoxy) is 1. The Balaban J connectivity index is 1.46. The van der Waals surface area contributed by atoms with Gasteiger partial charge in [-0.3, -0.25) is 4.79 Å². The van der Waals surface area contributed by atoms with Gasteiger partial charge in [0.25, 0.3) is 0 Å². The maximum Gasteiger partial charge on any atom is 0.246 e. The molecule has 2 atom stereocenters. The molecule has 1 saturated carbocycles. The molecule has 2 aliphatic rings. The summed E-state index contributed by atoms with van der Waals surface area (Å²) in [5, 5.41) is 12.4. The molecule has 1 aliphatic heterocycles. The number of carbonyl (C=O) groups excluding carboxylic acids is 1. The van der Waals surface area contributed by atoms with E-state index in [9.17, 15) is 4.79 Å². The van der Waals surface area contributed by atoms with Crippen LogP contribution in [0.5, 0.6) is 0 Å². The Morgan fingerprint density at radius 3 is 3.00 bits per heavy atom. The Kier molecular flexibility index (Phi) is 3.78. The van der Waals surface area contributed by atoms with Crippen molar-refractivity contribution in [3.05, 3.63) is 30.3 Å². The number of aromatic nitrogens is 4. The molecule has 7 nitrogen and oxygen atoms in total. The number of hydrogen-bond acceptors (Lipinski definition) is 5. The van der Waals surface area contributed by atoms with E-state index >= 15 is 0 Å². The first-order valence-electron chi connectivity index (χ1n) is 8.05. The summed E-state index contributed by atoms with van der Waals surface area (Å²) in [7, 11) is 0. The third kappa shape index (κ3) is 2.84. The van der Waals surface area contributed by atoms with Gasteiger partial charge in [0.15, 0.2) is 0 Å². The normalized spacial score (nSPS) is 23.7. The lowest BCUT2D eigenvalue weighted by molar-refractivity contribution is -0.145. The van der Waals surface area contributed by atoms with Crippen molar-refractivity contribution in [1.29, 1.82) is 0 Å². The predicted octanol–water partition coefficient (Wildman–Crippen LogP) is 1.12. The molecule has 0 spiro atoms. The molecule has 1 aromatic carbocycles. The number of morpholine rings is 1. The lowest BCUT2D eigenvalue weighted by atomic mass is 10.1. The van der Waals surface area contributed by atoms with Crippen LogP contribution in [0.1, 0.15) is 19.3 Å². The predicted molar refractivity (Wildman–Crippen MR) is 82.3 cm³/mol. The van der Waals surface area contributed by atoms with Crippen LogP contribution in [0.15, 0.2) is 30.3 Å². The van der Waals surface area contributed by atoms with Crippen molar-refractivity contribution in [3.8, 4) is 11.4 Å². The molecule has 2 fully saturated rings. The van der Waals surface area contributed by atoms with Crippen molar-refractivity contribution in [2.75, 3.05) is 13.2 Å². The van der Waals surface area contributed by atoms with Crippen molar-refractivity contribution < 1.29 is 9.53 Å². The molecule has 1 aliphatic carbocycles. The molecular formula is C16H19N5O2. The smallest absolute Gasteiger partial charge is 0.246 e. The zero-order valence-electron chi connectivity index (χ0n) is 12.8. The molecule has 0 radical (unpaired) electrons. The second kappa shape index (κ2) is 6.08. The van der Waals surface area contributed by atoms with E-state index in [1.54, 1.807) is 0 Å². The van der Waals surface area contributed by atoms with Crippen LogP contribution >= 0.6 is 0 Å². The first-order valence-corrected chi connectivity index (χ1v) is 8.05. The van der Waals surface area contributed by atoms with Crippen molar-refractivity contribution in [2.45, 2.75) is 38.0 Å². The van der Waals surface area contributed by atoms with E-state index in [0.29, 0.717) is 19.0 Å². The third-order valence-corrected chi connectivity index (χ3v) is 4.56. The van der Waals surface area contributed by atoms with Crippen molar-refractivity contribution in [1.82, 2.24) is 25.1 Å². The van der Waals surface area contributed by atoms with E-state index in [1.807, 2.05) is 35.2 Å². The fourth-order valence-corrected chi connectivity index (χ4v) is 3.46. The highest BCUT2D eigenvalue weighted by Gasteiger charge is 2.38. The van der Waals surface area contributed by atoms with Crippen LogP contribution < -0.4 is 0 Å². The lowest BCUT2D eigenvalue weighted by Gasteiger charge is -2.37. The number of benzene rings is 1. The summed E-state index contributed by atoms with van der Waals surface area (Å²) in [6, 6.07) is 9.86. The summed E-state index contributed by atoms with van der Waals surface area (Å²) < 4.78 is 5.75. The van der Waals surface area contributed by atoms with E-state index < -0.39 is 0 Å². The molecule has 2 heterocycles. The van der Waals surface area contributed by atoms with Crippen LogP contribution in [0.4, 0.5) is 0 Å². The number of tetrazole rings is 1. The average Bonchev–Trinajstić information content (AvgIpc) is 3.24.